The predicted octanol–water partition coefficient (Wildman–Crippen LogP) is 3.12. The first-order chi connectivity index (χ1) is 9.30. The van der Waals surface area contributed by atoms with Crippen molar-refractivity contribution in [1.82, 2.24) is 0 Å². The van der Waals surface area contributed by atoms with Gasteiger partial charge < -0.3 is 11.1 Å². The molecule has 0 heterocycles. The largest absolute Gasteiger partial charge is 0.417 e. The molecule has 1 aliphatic rings. The van der Waals surface area contributed by atoms with Gasteiger partial charge in [-0.15, -0.1) is 0 Å². The lowest BCUT2D eigenvalue weighted by Crippen LogP contribution is -2.44. The van der Waals surface area contributed by atoms with Crippen LogP contribution in [0, 0.1) is 17.2 Å². The summed E-state index contributed by atoms with van der Waals surface area (Å²) < 4.78 is 38.2. The van der Waals surface area contributed by atoms with E-state index in [9.17, 15) is 13.2 Å². The Balaban J connectivity index is 2.29. The van der Waals surface area contributed by atoms with E-state index in [0.29, 0.717) is 18.2 Å². The van der Waals surface area contributed by atoms with Gasteiger partial charge >= 0.3 is 6.18 Å². The highest BCUT2D eigenvalue weighted by Gasteiger charge is 2.41. The monoisotopic (exact) mass is 283 g/mol. The van der Waals surface area contributed by atoms with Gasteiger partial charge in [-0.1, -0.05) is 0 Å². The maximum absolute atomic E-state index is 12.7. The van der Waals surface area contributed by atoms with Gasteiger partial charge in [-0.3, -0.25) is 0 Å². The second-order valence-corrected chi connectivity index (χ2v) is 5.39. The minimum absolute atomic E-state index is 0.341. The van der Waals surface area contributed by atoms with Gasteiger partial charge in [-0.2, -0.15) is 18.4 Å². The van der Waals surface area contributed by atoms with Crippen LogP contribution >= 0.6 is 0 Å². The van der Waals surface area contributed by atoms with Crippen LogP contribution in [0.3, 0.4) is 0 Å². The van der Waals surface area contributed by atoms with Crippen LogP contribution in [0.25, 0.3) is 0 Å². The van der Waals surface area contributed by atoms with Crippen LogP contribution in [0.15, 0.2) is 18.2 Å². The van der Waals surface area contributed by atoms with Gasteiger partial charge in [0.2, 0.25) is 0 Å². The van der Waals surface area contributed by atoms with E-state index in [1.165, 1.54) is 12.1 Å². The van der Waals surface area contributed by atoms with E-state index in [2.05, 4.69) is 5.32 Å². The smallest absolute Gasteiger partial charge is 0.378 e. The average molecular weight is 283 g/mol. The van der Waals surface area contributed by atoms with Crippen LogP contribution < -0.4 is 11.1 Å². The summed E-state index contributed by atoms with van der Waals surface area (Å²) in [6, 6.07) is 5.12. The van der Waals surface area contributed by atoms with Crippen LogP contribution in [0.5, 0.6) is 0 Å². The standard InChI is InChI=1S/C14H16F3N3/c1-13(8-19,10-2-3-10)20-11-4-5-12(14(15,16)17)9(6-11)7-18/h4-6,10,20H,2-3,8,19H2,1H3. The van der Waals surface area contributed by atoms with Crippen molar-refractivity contribution in [2.45, 2.75) is 31.5 Å². The first kappa shape index (κ1) is 14.7. The SMILES string of the molecule is CC(CN)(Nc1ccc(C(F)(F)F)c(C#N)c1)C1CC1. The average Bonchev–Trinajstić information content (AvgIpc) is 3.21. The molecular weight excluding hydrogens is 267 g/mol. The van der Waals surface area contributed by atoms with Crippen LogP contribution in [-0.4, -0.2) is 12.1 Å². The molecule has 0 aromatic heterocycles. The Hall–Kier alpha value is -1.74. The highest BCUT2D eigenvalue weighted by atomic mass is 19.4. The number of nitrogens with zero attached hydrogens (tertiary/aromatic N) is 1. The quantitative estimate of drug-likeness (QED) is 0.892. The van der Waals surface area contributed by atoms with E-state index in [0.717, 1.165) is 18.9 Å². The number of alkyl halides is 3. The third-order valence-corrected chi connectivity index (χ3v) is 3.78. The number of hydrogen-bond acceptors (Lipinski definition) is 3. The Morgan fingerprint density at radius 2 is 2.05 bits per heavy atom. The predicted molar refractivity (Wildman–Crippen MR) is 70.0 cm³/mol. The van der Waals surface area contributed by atoms with Gasteiger partial charge in [0.25, 0.3) is 0 Å². The molecule has 3 nitrogen and oxygen atoms in total. The summed E-state index contributed by atoms with van der Waals surface area (Å²) in [5, 5.41) is 12.1. The molecule has 0 bridgehead atoms. The molecule has 0 aliphatic heterocycles. The number of nitriles is 1. The Bertz CT molecular complexity index is 544. The van der Waals surface area contributed by atoms with Gasteiger partial charge in [0, 0.05) is 17.8 Å². The number of nitrogens with one attached hydrogen (secondary N) is 1. The normalized spacial score (nSPS) is 18.2. The number of benzene rings is 1. The molecule has 0 radical (unpaired) electrons. The lowest BCUT2D eigenvalue weighted by Gasteiger charge is -2.31. The fourth-order valence-corrected chi connectivity index (χ4v) is 2.33. The maximum Gasteiger partial charge on any atom is 0.417 e. The lowest BCUT2D eigenvalue weighted by molar-refractivity contribution is -0.137. The highest BCUT2D eigenvalue weighted by Crippen LogP contribution is 2.41. The van der Waals surface area contributed by atoms with Gasteiger partial charge in [0.15, 0.2) is 0 Å². The number of hydrogen-bond donors (Lipinski definition) is 2. The number of halogens is 3. The second-order valence-electron chi connectivity index (χ2n) is 5.39. The van der Waals surface area contributed by atoms with Gasteiger partial charge in [0.05, 0.1) is 17.2 Å². The minimum atomic E-state index is -4.52. The van der Waals surface area contributed by atoms with Crippen molar-refractivity contribution in [2.75, 3.05) is 11.9 Å². The van der Waals surface area contributed by atoms with Crippen LogP contribution in [-0.2, 0) is 6.18 Å². The van der Waals surface area contributed by atoms with E-state index in [4.69, 9.17) is 11.0 Å². The maximum atomic E-state index is 12.7. The molecule has 1 aliphatic carbocycles. The molecule has 0 saturated heterocycles. The van der Waals surface area contributed by atoms with Gasteiger partial charge in [0.1, 0.15) is 0 Å². The van der Waals surface area contributed by atoms with Crippen molar-refractivity contribution in [3.05, 3.63) is 29.3 Å². The Kier molecular flexibility index (Phi) is 3.65. The molecule has 0 amide bonds. The number of nitrogens with two attached hydrogens (primary N) is 1. The molecule has 108 valence electrons. The second kappa shape index (κ2) is 4.98. The van der Waals surface area contributed by atoms with Crippen molar-refractivity contribution in [2.24, 2.45) is 11.7 Å². The minimum Gasteiger partial charge on any atom is -0.378 e. The summed E-state index contributed by atoms with van der Waals surface area (Å²) in [6.07, 6.45) is -2.39. The Morgan fingerprint density at radius 1 is 1.40 bits per heavy atom. The Morgan fingerprint density at radius 3 is 2.50 bits per heavy atom. The zero-order valence-corrected chi connectivity index (χ0v) is 11.1. The molecule has 1 unspecified atom stereocenters. The lowest BCUT2D eigenvalue weighted by atomic mass is 9.95. The van der Waals surface area contributed by atoms with Gasteiger partial charge in [-0.25, -0.2) is 0 Å². The molecule has 1 saturated carbocycles. The van der Waals surface area contributed by atoms with E-state index in [1.54, 1.807) is 6.07 Å². The van der Waals surface area contributed by atoms with E-state index in [-0.39, 0.29) is 11.1 Å². The molecule has 1 aromatic rings. The molecule has 2 rings (SSSR count). The summed E-state index contributed by atoms with van der Waals surface area (Å²) in [6.45, 7) is 2.34. The topological polar surface area (TPSA) is 61.8 Å². The van der Waals surface area contributed by atoms with Crippen LogP contribution in [0.2, 0.25) is 0 Å². The zero-order chi connectivity index (χ0) is 15.0. The highest BCUT2D eigenvalue weighted by molar-refractivity contribution is 5.55. The Labute approximate surface area is 115 Å². The third kappa shape index (κ3) is 2.88. The molecule has 1 fully saturated rings. The summed E-state index contributed by atoms with van der Waals surface area (Å²) in [7, 11) is 0. The molecular formula is C14H16F3N3. The van der Waals surface area contributed by atoms with Crippen molar-refractivity contribution in [3.63, 3.8) is 0 Å². The van der Waals surface area contributed by atoms with Crippen LogP contribution in [0.4, 0.5) is 18.9 Å². The molecule has 20 heavy (non-hydrogen) atoms. The van der Waals surface area contributed by atoms with Crippen molar-refractivity contribution < 1.29 is 13.2 Å². The van der Waals surface area contributed by atoms with E-state index < -0.39 is 11.7 Å². The molecule has 0 spiro atoms. The van der Waals surface area contributed by atoms with Crippen LogP contribution in [0.1, 0.15) is 30.9 Å². The summed E-state index contributed by atoms with van der Waals surface area (Å²) >= 11 is 0. The van der Waals surface area contributed by atoms with Crippen molar-refractivity contribution in [3.8, 4) is 6.07 Å². The van der Waals surface area contributed by atoms with Gasteiger partial charge in [-0.05, 0) is 43.9 Å². The first-order valence-corrected chi connectivity index (χ1v) is 6.40. The molecule has 3 N–H and O–H groups in total. The van der Waals surface area contributed by atoms with E-state index in [1.807, 2.05) is 6.92 Å². The zero-order valence-electron chi connectivity index (χ0n) is 11.1. The molecule has 6 heteroatoms. The number of rotatable bonds is 4. The third-order valence-electron chi connectivity index (χ3n) is 3.78. The molecule has 1 atom stereocenters. The van der Waals surface area contributed by atoms with Crippen molar-refractivity contribution in [1.29, 1.82) is 5.26 Å². The molecule has 1 aromatic carbocycles. The summed E-state index contributed by atoms with van der Waals surface area (Å²) in [5.41, 5.74) is 4.62. The summed E-state index contributed by atoms with van der Waals surface area (Å²) in [4.78, 5) is 0. The fourth-order valence-electron chi connectivity index (χ4n) is 2.33. The fraction of sp³-hybridized carbons (Fsp3) is 0.500. The van der Waals surface area contributed by atoms with E-state index >= 15 is 0 Å². The summed E-state index contributed by atoms with van der Waals surface area (Å²) in [5.74, 6) is 0.431. The van der Waals surface area contributed by atoms with Crippen molar-refractivity contribution >= 4 is 5.69 Å². The number of anilines is 1. The first-order valence-electron chi connectivity index (χ1n) is 6.40.